The molecule has 1 rings (SSSR count). The SMILES string of the molecule is [2H]C1(C)CCC1. The molecule has 5 heavy (non-hydrogen) atoms. The van der Waals surface area contributed by atoms with Crippen LogP contribution in [-0.4, -0.2) is 0 Å². The van der Waals surface area contributed by atoms with Crippen molar-refractivity contribution in [2.75, 3.05) is 0 Å². The molecule has 1 aliphatic rings. The molecule has 0 N–H and O–H groups in total. The average molecular weight is 71.1 g/mol. The fourth-order valence-electron chi connectivity index (χ4n) is 0.530. The van der Waals surface area contributed by atoms with Gasteiger partial charge in [-0.25, -0.2) is 0 Å². The van der Waals surface area contributed by atoms with Crippen LogP contribution in [0.4, 0.5) is 0 Å². The average Bonchev–Trinajstić information content (AvgIpc) is 1.32. The molecule has 0 unspecified atom stereocenters. The lowest BCUT2D eigenvalue weighted by Crippen LogP contribution is -2.04. The largest absolute Gasteiger partial charge is 0.0625 e. The number of hydrogen-bond donors (Lipinski definition) is 0. The van der Waals surface area contributed by atoms with Crippen molar-refractivity contribution >= 4 is 0 Å². The lowest BCUT2D eigenvalue weighted by atomic mass is 9.88. The third-order valence-corrected chi connectivity index (χ3v) is 1.21. The summed E-state index contributed by atoms with van der Waals surface area (Å²) in [6.07, 6.45) is 3.51. The first-order valence-electron chi connectivity index (χ1n) is 2.71. The molecule has 1 fully saturated rings. The maximum Gasteiger partial charge on any atom is 0.0300 e. The van der Waals surface area contributed by atoms with Gasteiger partial charge in [-0.1, -0.05) is 26.2 Å². The second-order valence-corrected chi connectivity index (χ2v) is 1.81. The predicted molar refractivity (Wildman–Crippen MR) is 23.0 cm³/mol. The quantitative estimate of drug-likeness (QED) is 0.408. The zero-order chi connectivity index (χ0) is 4.62. The maximum absolute atomic E-state index is 7.27. The molecule has 0 bridgehead atoms. The van der Waals surface area contributed by atoms with Gasteiger partial charge in [0.15, 0.2) is 0 Å². The van der Waals surface area contributed by atoms with Crippen LogP contribution >= 0.6 is 0 Å². The highest BCUT2D eigenvalue weighted by Crippen LogP contribution is 2.24. The summed E-state index contributed by atoms with van der Waals surface area (Å²) in [4.78, 5) is 0. The Morgan fingerprint density at radius 3 is 2.20 bits per heavy atom. The van der Waals surface area contributed by atoms with Gasteiger partial charge >= 0.3 is 0 Å². The van der Waals surface area contributed by atoms with Crippen molar-refractivity contribution in [1.29, 1.82) is 0 Å². The van der Waals surface area contributed by atoms with Gasteiger partial charge in [0.05, 0.1) is 0 Å². The van der Waals surface area contributed by atoms with Crippen LogP contribution < -0.4 is 0 Å². The van der Waals surface area contributed by atoms with Crippen LogP contribution in [0.5, 0.6) is 0 Å². The Labute approximate surface area is 34.6 Å². The zero-order valence-corrected chi connectivity index (χ0v) is 3.62. The van der Waals surface area contributed by atoms with Crippen molar-refractivity contribution < 1.29 is 1.37 Å². The number of hydrogen-bond acceptors (Lipinski definition) is 0. The lowest BCUT2D eigenvalue weighted by Gasteiger charge is -2.18. The Morgan fingerprint density at radius 2 is 2.20 bits per heavy atom. The molecule has 0 heterocycles. The van der Waals surface area contributed by atoms with Gasteiger partial charge in [0.1, 0.15) is 0 Å². The molecule has 0 saturated heterocycles. The summed E-state index contributed by atoms with van der Waals surface area (Å²) in [5.74, 6) is -0.0278. The summed E-state index contributed by atoms with van der Waals surface area (Å²) in [5, 5.41) is 0. The molecule has 0 amide bonds. The lowest BCUT2D eigenvalue weighted by molar-refractivity contribution is 0.346. The van der Waals surface area contributed by atoms with Crippen molar-refractivity contribution in [2.45, 2.75) is 26.2 Å². The number of rotatable bonds is 0. The first-order valence-corrected chi connectivity index (χ1v) is 2.21. The van der Waals surface area contributed by atoms with Gasteiger partial charge in [0.25, 0.3) is 0 Å². The van der Waals surface area contributed by atoms with Crippen LogP contribution in [0.1, 0.15) is 27.6 Å². The van der Waals surface area contributed by atoms with E-state index >= 15 is 0 Å². The monoisotopic (exact) mass is 71.1 g/mol. The van der Waals surface area contributed by atoms with E-state index in [1.54, 1.807) is 0 Å². The minimum atomic E-state index is -0.0278. The highest BCUT2D eigenvalue weighted by molar-refractivity contribution is 4.62. The fourth-order valence-corrected chi connectivity index (χ4v) is 0.530. The van der Waals surface area contributed by atoms with Crippen molar-refractivity contribution in [1.82, 2.24) is 0 Å². The standard InChI is InChI=1S/C5H10/c1-5-3-2-4-5/h5H,2-4H2,1H3/i5D. The molecule has 0 atom stereocenters. The van der Waals surface area contributed by atoms with Crippen LogP contribution in [0.2, 0.25) is 0 Å². The Hall–Kier alpha value is 0. The van der Waals surface area contributed by atoms with Crippen LogP contribution in [-0.2, 0) is 0 Å². The molecule has 1 saturated carbocycles. The van der Waals surface area contributed by atoms with E-state index in [-0.39, 0.29) is 5.89 Å². The summed E-state index contributed by atoms with van der Waals surface area (Å²) >= 11 is 0. The Morgan fingerprint density at radius 1 is 1.80 bits per heavy atom. The summed E-state index contributed by atoms with van der Waals surface area (Å²) in [6.45, 7) is 2.00. The molecule has 30 valence electrons. The van der Waals surface area contributed by atoms with Gasteiger partial charge in [0.2, 0.25) is 0 Å². The molecular formula is C5H10. The van der Waals surface area contributed by atoms with E-state index in [9.17, 15) is 0 Å². The van der Waals surface area contributed by atoms with Gasteiger partial charge in [-0.3, -0.25) is 0 Å². The fraction of sp³-hybridized carbons (Fsp3) is 1.00. The van der Waals surface area contributed by atoms with Crippen LogP contribution in [0.15, 0.2) is 0 Å². The van der Waals surface area contributed by atoms with Gasteiger partial charge in [-0.2, -0.15) is 0 Å². The molecule has 0 heteroatoms. The normalized spacial score (nSPS) is 35.0. The van der Waals surface area contributed by atoms with Gasteiger partial charge in [-0.05, 0) is 5.89 Å². The van der Waals surface area contributed by atoms with Gasteiger partial charge < -0.3 is 0 Å². The first kappa shape index (κ1) is 2.22. The minimum absolute atomic E-state index is 0.0278. The van der Waals surface area contributed by atoms with E-state index in [1.807, 2.05) is 6.92 Å². The van der Waals surface area contributed by atoms with Crippen molar-refractivity contribution in [3.05, 3.63) is 0 Å². The second-order valence-electron chi connectivity index (χ2n) is 1.81. The van der Waals surface area contributed by atoms with Crippen molar-refractivity contribution in [3.63, 3.8) is 0 Å². The highest BCUT2D eigenvalue weighted by atomic mass is 14.1. The van der Waals surface area contributed by atoms with Crippen LogP contribution in [0.25, 0.3) is 0 Å². The molecular weight excluding hydrogens is 60.1 g/mol. The summed E-state index contributed by atoms with van der Waals surface area (Å²) in [5.41, 5.74) is 0. The van der Waals surface area contributed by atoms with E-state index in [4.69, 9.17) is 1.37 Å². The maximum atomic E-state index is 7.27. The van der Waals surface area contributed by atoms with E-state index in [0.29, 0.717) is 0 Å². The molecule has 1 aliphatic carbocycles. The van der Waals surface area contributed by atoms with Crippen molar-refractivity contribution in [2.24, 2.45) is 5.89 Å². The molecule has 0 aromatic heterocycles. The van der Waals surface area contributed by atoms with E-state index in [1.165, 1.54) is 6.42 Å². The van der Waals surface area contributed by atoms with Crippen LogP contribution in [0, 0.1) is 5.89 Å². The third kappa shape index (κ3) is 0.444. The molecule has 0 spiro atoms. The Bertz CT molecular complexity index is 51.0. The third-order valence-electron chi connectivity index (χ3n) is 1.21. The molecule has 0 nitrogen and oxygen atoms in total. The zero-order valence-electron chi connectivity index (χ0n) is 4.62. The molecule has 0 aromatic rings. The summed E-state index contributed by atoms with van der Waals surface area (Å²) in [6, 6.07) is 0. The summed E-state index contributed by atoms with van der Waals surface area (Å²) < 4.78 is 7.27. The van der Waals surface area contributed by atoms with Gasteiger partial charge in [0, 0.05) is 1.37 Å². The minimum Gasteiger partial charge on any atom is -0.0625 e. The van der Waals surface area contributed by atoms with E-state index in [0.717, 1.165) is 12.8 Å². The summed E-state index contributed by atoms with van der Waals surface area (Å²) in [7, 11) is 0. The van der Waals surface area contributed by atoms with Crippen molar-refractivity contribution in [3.8, 4) is 0 Å². The second kappa shape index (κ2) is 1.00. The first-order chi connectivity index (χ1) is 2.71. The van der Waals surface area contributed by atoms with E-state index in [2.05, 4.69) is 0 Å². The smallest absolute Gasteiger partial charge is 0.0300 e. The Balaban J connectivity index is 2.31. The van der Waals surface area contributed by atoms with Crippen LogP contribution in [0.3, 0.4) is 0 Å². The molecule has 0 aromatic carbocycles. The predicted octanol–water partition coefficient (Wildman–Crippen LogP) is 1.81. The molecule has 0 aliphatic heterocycles. The van der Waals surface area contributed by atoms with Gasteiger partial charge in [-0.15, -0.1) is 0 Å². The highest BCUT2D eigenvalue weighted by Gasteiger charge is 2.09. The Kier molecular flexibility index (Phi) is 0.444. The topological polar surface area (TPSA) is 0 Å². The van der Waals surface area contributed by atoms with E-state index < -0.39 is 0 Å². The molecule has 0 radical (unpaired) electrons.